The van der Waals surface area contributed by atoms with E-state index in [9.17, 15) is 0 Å². The number of ether oxygens (including phenoxy) is 4. The fourth-order valence-electron chi connectivity index (χ4n) is 2.40. The van der Waals surface area contributed by atoms with E-state index in [2.05, 4.69) is 0 Å². The third kappa shape index (κ3) is 4.04. The summed E-state index contributed by atoms with van der Waals surface area (Å²) < 4.78 is 22.4. The third-order valence-electron chi connectivity index (χ3n) is 3.77. The van der Waals surface area contributed by atoms with Gasteiger partial charge in [-0.05, 0) is 43.3 Å². The molecule has 0 heterocycles. The molecular weight excluding hydrogens is 316 g/mol. The number of methoxy groups -OCH3 is 2. The highest BCUT2D eigenvalue weighted by Gasteiger charge is 2.09. The van der Waals surface area contributed by atoms with Crippen LogP contribution in [-0.4, -0.2) is 14.2 Å². The maximum absolute atomic E-state index is 5.99. The minimum absolute atomic E-state index is 0.709. The summed E-state index contributed by atoms with van der Waals surface area (Å²) in [4.78, 5) is 0. The molecule has 3 aromatic rings. The Morgan fingerprint density at radius 3 is 1.40 bits per heavy atom. The van der Waals surface area contributed by atoms with Gasteiger partial charge in [0.25, 0.3) is 0 Å². The lowest BCUT2D eigenvalue weighted by Crippen LogP contribution is -1.93. The Hall–Kier alpha value is -3.14. The summed E-state index contributed by atoms with van der Waals surface area (Å²) in [5.41, 5.74) is 0.910. The minimum Gasteiger partial charge on any atom is -0.497 e. The van der Waals surface area contributed by atoms with E-state index in [1.165, 1.54) is 0 Å². The van der Waals surface area contributed by atoms with Crippen molar-refractivity contribution in [1.29, 1.82) is 0 Å². The van der Waals surface area contributed by atoms with Crippen LogP contribution >= 0.6 is 0 Å². The second-order valence-corrected chi connectivity index (χ2v) is 5.44. The molecule has 0 unspecified atom stereocenters. The first kappa shape index (κ1) is 16.7. The lowest BCUT2D eigenvalue weighted by Gasteiger charge is -2.14. The van der Waals surface area contributed by atoms with Gasteiger partial charge in [-0.1, -0.05) is 18.2 Å². The van der Waals surface area contributed by atoms with Crippen molar-refractivity contribution in [3.8, 4) is 34.5 Å². The van der Waals surface area contributed by atoms with E-state index >= 15 is 0 Å². The Labute approximate surface area is 147 Å². The van der Waals surface area contributed by atoms with Crippen LogP contribution in [0.1, 0.15) is 5.56 Å². The molecule has 0 N–H and O–H groups in total. The molecule has 4 heteroatoms. The predicted molar refractivity (Wildman–Crippen MR) is 97.3 cm³/mol. The van der Waals surface area contributed by atoms with Crippen molar-refractivity contribution in [2.45, 2.75) is 6.92 Å². The van der Waals surface area contributed by atoms with Gasteiger partial charge in [-0.25, -0.2) is 0 Å². The molecule has 0 saturated carbocycles. The molecular formula is C21H20O4. The van der Waals surface area contributed by atoms with E-state index in [0.29, 0.717) is 11.5 Å². The first-order valence-corrected chi connectivity index (χ1v) is 7.93. The topological polar surface area (TPSA) is 36.9 Å². The molecule has 0 bridgehead atoms. The average Bonchev–Trinajstić information content (AvgIpc) is 2.65. The molecule has 0 aliphatic carbocycles. The SMILES string of the molecule is COc1cccc(Oc2cccc(Oc3cccc(OC)c3)c2C)c1. The van der Waals surface area contributed by atoms with Crippen LogP contribution in [0.2, 0.25) is 0 Å². The smallest absolute Gasteiger partial charge is 0.134 e. The van der Waals surface area contributed by atoms with E-state index < -0.39 is 0 Å². The highest BCUT2D eigenvalue weighted by atomic mass is 16.5. The zero-order chi connectivity index (χ0) is 17.6. The minimum atomic E-state index is 0.709. The van der Waals surface area contributed by atoms with Crippen molar-refractivity contribution in [2.24, 2.45) is 0 Å². The van der Waals surface area contributed by atoms with Gasteiger partial charge >= 0.3 is 0 Å². The quantitative estimate of drug-likeness (QED) is 0.587. The molecule has 0 aliphatic rings. The molecule has 0 aliphatic heterocycles. The number of rotatable bonds is 6. The zero-order valence-corrected chi connectivity index (χ0v) is 14.5. The zero-order valence-electron chi connectivity index (χ0n) is 14.5. The third-order valence-corrected chi connectivity index (χ3v) is 3.77. The van der Waals surface area contributed by atoms with Crippen LogP contribution < -0.4 is 18.9 Å². The van der Waals surface area contributed by atoms with Gasteiger partial charge in [-0.2, -0.15) is 0 Å². The summed E-state index contributed by atoms with van der Waals surface area (Å²) in [5.74, 6) is 4.38. The maximum atomic E-state index is 5.99. The van der Waals surface area contributed by atoms with Crippen molar-refractivity contribution in [3.63, 3.8) is 0 Å². The van der Waals surface area contributed by atoms with Gasteiger partial charge in [0, 0.05) is 17.7 Å². The van der Waals surface area contributed by atoms with Gasteiger partial charge in [0.2, 0.25) is 0 Å². The summed E-state index contributed by atoms with van der Waals surface area (Å²) >= 11 is 0. The van der Waals surface area contributed by atoms with E-state index in [0.717, 1.165) is 28.6 Å². The predicted octanol–water partition coefficient (Wildman–Crippen LogP) is 5.60. The van der Waals surface area contributed by atoms with E-state index in [4.69, 9.17) is 18.9 Å². The number of benzene rings is 3. The molecule has 4 nitrogen and oxygen atoms in total. The molecule has 0 atom stereocenters. The summed E-state index contributed by atoms with van der Waals surface area (Å²) in [5, 5.41) is 0. The van der Waals surface area contributed by atoms with Crippen molar-refractivity contribution < 1.29 is 18.9 Å². The molecule has 128 valence electrons. The lowest BCUT2D eigenvalue weighted by molar-refractivity contribution is 0.406. The van der Waals surface area contributed by atoms with Gasteiger partial charge in [0.05, 0.1) is 14.2 Å². The average molecular weight is 336 g/mol. The van der Waals surface area contributed by atoms with Gasteiger partial charge < -0.3 is 18.9 Å². The summed E-state index contributed by atoms with van der Waals surface area (Å²) in [6.45, 7) is 1.96. The first-order chi connectivity index (χ1) is 12.2. The summed E-state index contributed by atoms with van der Waals surface area (Å²) in [7, 11) is 3.26. The molecule has 0 saturated heterocycles. The van der Waals surface area contributed by atoms with Gasteiger partial charge in [-0.15, -0.1) is 0 Å². The molecule has 25 heavy (non-hydrogen) atoms. The Balaban J connectivity index is 1.84. The monoisotopic (exact) mass is 336 g/mol. The Morgan fingerprint density at radius 1 is 0.560 bits per heavy atom. The van der Waals surface area contributed by atoms with Crippen molar-refractivity contribution in [1.82, 2.24) is 0 Å². The lowest BCUT2D eigenvalue weighted by atomic mass is 10.2. The first-order valence-electron chi connectivity index (χ1n) is 7.93. The van der Waals surface area contributed by atoms with Gasteiger partial charge in [0.1, 0.15) is 34.5 Å². The summed E-state index contributed by atoms with van der Waals surface area (Å²) in [6.07, 6.45) is 0. The molecule has 0 aromatic heterocycles. The van der Waals surface area contributed by atoms with E-state index in [1.54, 1.807) is 14.2 Å². The Kier molecular flexibility index (Phi) is 5.09. The van der Waals surface area contributed by atoms with Crippen LogP contribution in [0.4, 0.5) is 0 Å². The Bertz CT molecular complexity index is 790. The fraction of sp³-hybridized carbons (Fsp3) is 0.143. The normalized spacial score (nSPS) is 10.2. The molecule has 3 aromatic carbocycles. The second-order valence-electron chi connectivity index (χ2n) is 5.44. The molecule has 0 radical (unpaired) electrons. The van der Waals surface area contributed by atoms with Gasteiger partial charge in [0.15, 0.2) is 0 Å². The summed E-state index contributed by atoms with van der Waals surface area (Å²) in [6, 6.07) is 20.7. The second kappa shape index (κ2) is 7.62. The van der Waals surface area contributed by atoms with Crippen LogP contribution in [-0.2, 0) is 0 Å². The largest absolute Gasteiger partial charge is 0.497 e. The van der Waals surface area contributed by atoms with E-state index in [1.807, 2.05) is 73.7 Å². The van der Waals surface area contributed by atoms with Crippen molar-refractivity contribution in [2.75, 3.05) is 14.2 Å². The fourth-order valence-corrected chi connectivity index (χ4v) is 2.40. The van der Waals surface area contributed by atoms with Crippen molar-refractivity contribution >= 4 is 0 Å². The maximum Gasteiger partial charge on any atom is 0.134 e. The Morgan fingerprint density at radius 2 is 0.960 bits per heavy atom. The molecule has 0 amide bonds. The van der Waals surface area contributed by atoms with Crippen LogP contribution in [0.15, 0.2) is 66.7 Å². The van der Waals surface area contributed by atoms with Crippen LogP contribution in [0.25, 0.3) is 0 Å². The highest BCUT2D eigenvalue weighted by Crippen LogP contribution is 2.35. The van der Waals surface area contributed by atoms with Crippen LogP contribution in [0.5, 0.6) is 34.5 Å². The van der Waals surface area contributed by atoms with Gasteiger partial charge in [-0.3, -0.25) is 0 Å². The van der Waals surface area contributed by atoms with E-state index in [-0.39, 0.29) is 0 Å². The van der Waals surface area contributed by atoms with Crippen molar-refractivity contribution in [3.05, 3.63) is 72.3 Å². The molecule has 3 rings (SSSR count). The standard InChI is InChI=1S/C21H20O4/c1-15-20(24-18-9-4-7-16(13-18)22-2)11-6-12-21(15)25-19-10-5-8-17(14-19)23-3/h4-14H,1-3H3. The van der Waals surface area contributed by atoms with Crippen LogP contribution in [0, 0.1) is 6.92 Å². The molecule has 0 fully saturated rings. The number of hydrogen-bond donors (Lipinski definition) is 0. The highest BCUT2D eigenvalue weighted by molar-refractivity contribution is 5.48. The molecule has 0 spiro atoms. The van der Waals surface area contributed by atoms with Crippen LogP contribution in [0.3, 0.4) is 0 Å². The number of hydrogen-bond acceptors (Lipinski definition) is 4.